The van der Waals surface area contributed by atoms with Crippen molar-refractivity contribution in [3.05, 3.63) is 89.5 Å². The molecule has 34 heavy (non-hydrogen) atoms. The highest BCUT2D eigenvalue weighted by molar-refractivity contribution is 6.12. The molecule has 0 spiro atoms. The van der Waals surface area contributed by atoms with E-state index in [0.29, 0.717) is 34.4 Å². The van der Waals surface area contributed by atoms with Crippen molar-refractivity contribution < 1.29 is 4.79 Å². The Hall–Kier alpha value is -3.99. The molecule has 2 N–H and O–H groups in total. The van der Waals surface area contributed by atoms with Crippen molar-refractivity contribution in [3.8, 4) is 11.5 Å². The number of aromatic nitrogens is 3. The maximum absolute atomic E-state index is 13.6. The minimum absolute atomic E-state index is 0.158. The second-order valence-corrected chi connectivity index (χ2v) is 9.25. The van der Waals surface area contributed by atoms with Crippen molar-refractivity contribution in [1.29, 1.82) is 0 Å². The summed E-state index contributed by atoms with van der Waals surface area (Å²) in [7, 11) is 0. The molecule has 5 nitrogen and oxygen atoms in total. The van der Waals surface area contributed by atoms with E-state index in [1.165, 1.54) is 0 Å². The number of nitrogens with zero attached hydrogens (tertiary/aromatic N) is 2. The van der Waals surface area contributed by atoms with Crippen LogP contribution < -0.4 is 5.32 Å². The van der Waals surface area contributed by atoms with E-state index in [1.807, 2.05) is 54.6 Å². The molecule has 0 saturated carbocycles. The van der Waals surface area contributed by atoms with Gasteiger partial charge < -0.3 is 10.3 Å². The lowest BCUT2D eigenvalue weighted by Gasteiger charge is -2.20. The van der Waals surface area contributed by atoms with Crippen molar-refractivity contribution in [2.24, 2.45) is 0 Å². The van der Waals surface area contributed by atoms with Gasteiger partial charge in [0, 0.05) is 11.1 Å². The molecule has 2 heterocycles. The predicted molar refractivity (Wildman–Crippen MR) is 139 cm³/mol. The van der Waals surface area contributed by atoms with Gasteiger partial charge in [-0.1, -0.05) is 76.2 Å². The van der Waals surface area contributed by atoms with Gasteiger partial charge in [-0.15, -0.1) is 0 Å². The first kappa shape index (κ1) is 21.8. The molecule has 3 aromatic carbocycles. The monoisotopic (exact) mass is 448 g/mol. The summed E-state index contributed by atoms with van der Waals surface area (Å²) in [6.45, 7) is 8.59. The summed E-state index contributed by atoms with van der Waals surface area (Å²) < 4.78 is 0. The van der Waals surface area contributed by atoms with Gasteiger partial charge in [0.05, 0.1) is 22.1 Å². The van der Waals surface area contributed by atoms with Crippen LogP contribution in [0, 0.1) is 0 Å². The van der Waals surface area contributed by atoms with E-state index in [2.05, 4.69) is 61.2 Å². The molecule has 0 saturated heterocycles. The lowest BCUT2D eigenvalue weighted by Crippen LogP contribution is -2.16. The fourth-order valence-electron chi connectivity index (χ4n) is 4.41. The van der Waals surface area contributed by atoms with Crippen LogP contribution in [0.4, 0.5) is 5.69 Å². The van der Waals surface area contributed by atoms with Gasteiger partial charge in [-0.3, -0.25) is 4.79 Å². The average molecular weight is 449 g/mol. The van der Waals surface area contributed by atoms with Crippen LogP contribution in [-0.4, -0.2) is 20.9 Å². The van der Waals surface area contributed by atoms with E-state index in [0.717, 1.165) is 33.2 Å². The number of aromatic amines is 1. The van der Waals surface area contributed by atoms with Gasteiger partial charge in [-0.2, -0.15) is 0 Å². The maximum atomic E-state index is 13.6. The molecule has 0 aliphatic carbocycles. The van der Waals surface area contributed by atoms with Crippen LogP contribution in [0.1, 0.15) is 61.0 Å². The lowest BCUT2D eigenvalue weighted by molar-refractivity contribution is 0.102. The standard InChI is InChI=1S/C29H28N4O/c1-17(2)20-10-8-11-21(18(3)4)27(20)33-29(34)22-12-7-9-19-15-16-25(30-26(19)22)28-31-23-13-5-6-14-24(23)32-28/h5-18H,1-4H3,(H,31,32)(H,33,34). The molecule has 0 aliphatic rings. The summed E-state index contributed by atoms with van der Waals surface area (Å²) in [5.41, 5.74) is 6.92. The van der Waals surface area contributed by atoms with Crippen molar-refractivity contribution in [3.63, 3.8) is 0 Å². The molecular weight excluding hydrogens is 420 g/mol. The Morgan fingerprint density at radius 3 is 2.21 bits per heavy atom. The molecule has 0 bridgehead atoms. The number of imidazole rings is 1. The van der Waals surface area contributed by atoms with Crippen LogP contribution in [-0.2, 0) is 0 Å². The first-order valence-electron chi connectivity index (χ1n) is 11.7. The Balaban J connectivity index is 1.58. The second-order valence-electron chi connectivity index (χ2n) is 9.25. The van der Waals surface area contributed by atoms with Gasteiger partial charge in [0.25, 0.3) is 5.91 Å². The first-order chi connectivity index (χ1) is 16.4. The van der Waals surface area contributed by atoms with Gasteiger partial charge in [0.2, 0.25) is 0 Å². The topological polar surface area (TPSA) is 70.7 Å². The second kappa shape index (κ2) is 8.75. The van der Waals surface area contributed by atoms with Gasteiger partial charge in [-0.25, -0.2) is 9.97 Å². The van der Waals surface area contributed by atoms with E-state index >= 15 is 0 Å². The summed E-state index contributed by atoms with van der Waals surface area (Å²) >= 11 is 0. The Bertz CT molecular complexity index is 1450. The van der Waals surface area contributed by atoms with Gasteiger partial charge in [0.15, 0.2) is 5.82 Å². The molecule has 5 heteroatoms. The number of pyridine rings is 1. The number of amides is 1. The molecule has 5 rings (SSSR count). The van der Waals surface area contributed by atoms with Crippen LogP contribution in [0.5, 0.6) is 0 Å². The predicted octanol–water partition coefficient (Wildman–Crippen LogP) is 7.28. The van der Waals surface area contributed by atoms with Crippen molar-refractivity contribution in [2.45, 2.75) is 39.5 Å². The zero-order chi connectivity index (χ0) is 23.8. The molecule has 170 valence electrons. The number of fused-ring (bicyclic) bond motifs is 2. The van der Waals surface area contributed by atoms with Crippen LogP contribution in [0.2, 0.25) is 0 Å². The highest BCUT2D eigenvalue weighted by Gasteiger charge is 2.19. The van der Waals surface area contributed by atoms with Crippen LogP contribution in [0.25, 0.3) is 33.5 Å². The van der Waals surface area contributed by atoms with E-state index in [9.17, 15) is 4.79 Å². The quantitative estimate of drug-likeness (QED) is 0.297. The number of carbonyl (C=O) groups is 1. The zero-order valence-corrected chi connectivity index (χ0v) is 19.9. The maximum Gasteiger partial charge on any atom is 0.257 e. The Kier molecular flexibility index (Phi) is 5.62. The number of nitrogens with one attached hydrogen (secondary N) is 2. The van der Waals surface area contributed by atoms with Crippen LogP contribution in [0.15, 0.2) is 72.8 Å². The van der Waals surface area contributed by atoms with Crippen molar-refractivity contribution in [1.82, 2.24) is 15.0 Å². The Labute approximate surface area is 199 Å². The number of hydrogen-bond donors (Lipinski definition) is 2. The summed E-state index contributed by atoms with van der Waals surface area (Å²) in [6.07, 6.45) is 0. The average Bonchev–Trinajstić information content (AvgIpc) is 3.27. The van der Waals surface area contributed by atoms with Crippen LogP contribution in [0.3, 0.4) is 0 Å². The Morgan fingerprint density at radius 2 is 1.50 bits per heavy atom. The summed E-state index contributed by atoms with van der Waals surface area (Å²) in [4.78, 5) is 26.5. The third kappa shape index (κ3) is 3.94. The number of anilines is 1. The number of para-hydroxylation sites is 4. The molecule has 2 aromatic heterocycles. The van der Waals surface area contributed by atoms with Crippen LogP contribution >= 0.6 is 0 Å². The minimum Gasteiger partial charge on any atom is -0.337 e. The molecule has 0 radical (unpaired) electrons. The van der Waals surface area contributed by atoms with Gasteiger partial charge in [-0.05, 0) is 47.2 Å². The number of benzene rings is 3. The third-order valence-electron chi connectivity index (χ3n) is 6.21. The summed E-state index contributed by atoms with van der Waals surface area (Å²) in [6, 6.07) is 23.8. The lowest BCUT2D eigenvalue weighted by atomic mass is 9.92. The van der Waals surface area contributed by atoms with E-state index in [1.54, 1.807) is 0 Å². The zero-order valence-electron chi connectivity index (χ0n) is 19.9. The van der Waals surface area contributed by atoms with E-state index in [4.69, 9.17) is 4.98 Å². The fraction of sp³-hybridized carbons (Fsp3) is 0.207. The third-order valence-corrected chi connectivity index (χ3v) is 6.21. The van der Waals surface area contributed by atoms with Gasteiger partial charge >= 0.3 is 0 Å². The number of hydrogen-bond acceptors (Lipinski definition) is 3. The minimum atomic E-state index is -0.158. The molecule has 0 aliphatic heterocycles. The molecule has 5 aromatic rings. The smallest absolute Gasteiger partial charge is 0.257 e. The van der Waals surface area contributed by atoms with E-state index in [-0.39, 0.29) is 5.91 Å². The molecule has 0 fully saturated rings. The molecule has 0 unspecified atom stereocenters. The van der Waals surface area contributed by atoms with E-state index < -0.39 is 0 Å². The number of rotatable bonds is 5. The van der Waals surface area contributed by atoms with Crippen molar-refractivity contribution in [2.75, 3.05) is 5.32 Å². The fourth-order valence-corrected chi connectivity index (χ4v) is 4.41. The Morgan fingerprint density at radius 1 is 0.794 bits per heavy atom. The summed E-state index contributed by atoms with van der Waals surface area (Å²) in [5.74, 6) is 1.11. The highest BCUT2D eigenvalue weighted by atomic mass is 16.1. The molecule has 0 atom stereocenters. The van der Waals surface area contributed by atoms with Crippen molar-refractivity contribution >= 4 is 33.5 Å². The summed E-state index contributed by atoms with van der Waals surface area (Å²) in [5, 5.41) is 4.14. The molecule has 1 amide bonds. The normalized spacial score (nSPS) is 11.6. The van der Waals surface area contributed by atoms with Gasteiger partial charge in [0.1, 0.15) is 5.69 Å². The SMILES string of the molecule is CC(C)c1cccc(C(C)C)c1NC(=O)c1cccc2ccc(-c3nc4ccccc4[nH]3)nc12. The number of carbonyl (C=O) groups excluding carboxylic acids is 1. The highest BCUT2D eigenvalue weighted by Crippen LogP contribution is 2.33. The molecular formula is C29H28N4O. The largest absolute Gasteiger partial charge is 0.337 e. The first-order valence-corrected chi connectivity index (χ1v) is 11.7. The number of H-pyrrole nitrogens is 1.